The second-order valence-corrected chi connectivity index (χ2v) is 10.1. The maximum Gasteiger partial charge on any atom is 0.410 e. The van der Waals surface area contributed by atoms with Crippen molar-refractivity contribution in [1.29, 1.82) is 0 Å². The van der Waals surface area contributed by atoms with Crippen LogP contribution >= 0.6 is 0 Å². The summed E-state index contributed by atoms with van der Waals surface area (Å²) in [5, 5.41) is 4.81. The molecular formula is C26H34N4O4. The van der Waals surface area contributed by atoms with E-state index < -0.39 is 17.7 Å². The highest BCUT2D eigenvalue weighted by Gasteiger charge is 2.41. The smallest absolute Gasteiger partial charge is 0.410 e. The number of carbonyl (C=O) groups excluding carboxylic acids is 2. The Hall–Kier alpha value is -3.29. The van der Waals surface area contributed by atoms with Gasteiger partial charge in [0, 0.05) is 19.5 Å². The third-order valence-electron chi connectivity index (χ3n) is 6.20. The molecule has 2 aliphatic heterocycles. The molecule has 2 amide bonds. The maximum atomic E-state index is 13.2. The van der Waals surface area contributed by atoms with Crippen molar-refractivity contribution >= 4 is 12.0 Å². The van der Waals surface area contributed by atoms with E-state index >= 15 is 0 Å². The number of carbonyl (C=O) groups is 2. The Morgan fingerprint density at radius 3 is 2.53 bits per heavy atom. The predicted octanol–water partition coefficient (Wildman–Crippen LogP) is 4.24. The Morgan fingerprint density at radius 1 is 1.21 bits per heavy atom. The van der Waals surface area contributed by atoms with Crippen LogP contribution in [0.3, 0.4) is 0 Å². The second kappa shape index (κ2) is 9.16. The molecule has 0 N–H and O–H groups in total. The van der Waals surface area contributed by atoms with Crippen molar-refractivity contribution in [2.24, 2.45) is 0 Å². The maximum absolute atomic E-state index is 13.2. The molecule has 3 heterocycles. The molecule has 1 unspecified atom stereocenters. The third kappa shape index (κ3) is 4.67. The zero-order chi connectivity index (χ0) is 24.6. The molecule has 2 aromatic rings. The van der Waals surface area contributed by atoms with Gasteiger partial charge in [0.25, 0.3) is 0 Å². The molecular weight excluding hydrogens is 432 g/mol. The van der Waals surface area contributed by atoms with E-state index in [0.717, 1.165) is 16.9 Å². The number of hydrogen-bond donors (Lipinski definition) is 0. The molecule has 0 fully saturated rings. The molecule has 0 saturated carbocycles. The molecule has 0 bridgehead atoms. The van der Waals surface area contributed by atoms with Gasteiger partial charge in [-0.25, -0.2) is 9.48 Å². The van der Waals surface area contributed by atoms with Gasteiger partial charge in [-0.15, -0.1) is 5.10 Å². The van der Waals surface area contributed by atoms with Gasteiger partial charge in [0.15, 0.2) is 0 Å². The molecule has 1 atom stereocenters. The van der Waals surface area contributed by atoms with Crippen molar-refractivity contribution in [3.05, 3.63) is 53.7 Å². The van der Waals surface area contributed by atoms with Gasteiger partial charge in [0.1, 0.15) is 12.2 Å². The minimum Gasteiger partial charge on any atom is -0.474 e. The summed E-state index contributed by atoms with van der Waals surface area (Å²) in [6.45, 7) is 15.0. The van der Waals surface area contributed by atoms with Gasteiger partial charge < -0.3 is 14.4 Å². The van der Waals surface area contributed by atoms with Gasteiger partial charge in [0.05, 0.1) is 29.5 Å². The fraction of sp³-hybridized carbons (Fsp3) is 0.500. The normalized spacial score (nSPS) is 18.0. The predicted molar refractivity (Wildman–Crippen MR) is 129 cm³/mol. The molecule has 0 saturated heterocycles. The van der Waals surface area contributed by atoms with Gasteiger partial charge in [-0.2, -0.15) is 0 Å². The summed E-state index contributed by atoms with van der Waals surface area (Å²) in [5.41, 5.74) is 3.40. The lowest BCUT2D eigenvalue weighted by atomic mass is 9.97. The molecule has 1 aromatic heterocycles. The molecule has 0 spiro atoms. The van der Waals surface area contributed by atoms with Crippen molar-refractivity contribution in [1.82, 2.24) is 19.6 Å². The zero-order valence-electron chi connectivity index (χ0n) is 20.7. The van der Waals surface area contributed by atoms with E-state index in [2.05, 4.69) is 44.7 Å². The monoisotopic (exact) mass is 466 g/mol. The number of aromatic nitrogens is 2. The van der Waals surface area contributed by atoms with Gasteiger partial charge >= 0.3 is 6.09 Å². The van der Waals surface area contributed by atoms with E-state index in [4.69, 9.17) is 14.6 Å². The van der Waals surface area contributed by atoms with E-state index in [1.165, 1.54) is 11.6 Å². The minimum atomic E-state index is -0.628. The molecule has 4 rings (SSSR count). The van der Waals surface area contributed by atoms with E-state index in [-0.39, 0.29) is 5.91 Å². The minimum absolute atomic E-state index is 0.194. The van der Waals surface area contributed by atoms with Crippen LogP contribution in [0.2, 0.25) is 0 Å². The van der Waals surface area contributed by atoms with Gasteiger partial charge in [-0.3, -0.25) is 9.69 Å². The summed E-state index contributed by atoms with van der Waals surface area (Å²) in [4.78, 5) is 29.1. The summed E-state index contributed by atoms with van der Waals surface area (Å²) in [7, 11) is 0. The lowest BCUT2D eigenvalue weighted by Crippen LogP contribution is -2.49. The zero-order valence-corrected chi connectivity index (χ0v) is 20.7. The lowest BCUT2D eigenvalue weighted by molar-refractivity contribution is -0.127. The number of hydrogen-bond acceptors (Lipinski definition) is 5. The first-order chi connectivity index (χ1) is 16.1. The highest BCUT2D eigenvalue weighted by atomic mass is 16.6. The van der Waals surface area contributed by atoms with Crippen LogP contribution in [0.25, 0.3) is 5.69 Å². The molecule has 8 nitrogen and oxygen atoms in total. The Kier molecular flexibility index (Phi) is 6.43. The van der Waals surface area contributed by atoms with Crippen molar-refractivity contribution in [2.45, 2.75) is 58.6 Å². The van der Waals surface area contributed by atoms with E-state index in [1.807, 2.05) is 25.5 Å². The van der Waals surface area contributed by atoms with Crippen molar-refractivity contribution in [3.8, 4) is 11.6 Å². The molecule has 0 radical (unpaired) electrons. The summed E-state index contributed by atoms with van der Waals surface area (Å²) >= 11 is 0. The second-order valence-electron chi connectivity index (χ2n) is 10.1. The van der Waals surface area contributed by atoms with Crippen molar-refractivity contribution < 1.29 is 19.1 Å². The lowest BCUT2D eigenvalue weighted by Gasteiger charge is -2.40. The van der Waals surface area contributed by atoms with Crippen LogP contribution in [0.15, 0.2) is 36.9 Å². The standard InChI is InChI=1S/C26H34N4O4/c1-7-22(31)28-14-15-33-24-23-20(30(27-24)19-10-8-18(9-11-19)17(2)3)12-13-29(21(23)16-28)25(32)34-26(4,5)6/h7-11,17,21H,1,12-16H2,2-6H3. The molecule has 182 valence electrons. The van der Waals surface area contributed by atoms with Crippen LogP contribution in [-0.4, -0.2) is 63.4 Å². The molecule has 34 heavy (non-hydrogen) atoms. The highest BCUT2D eigenvalue weighted by molar-refractivity contribution is 5.87. The first-order valence-electron chi connectivity index (χ1n) is 11.8. The fourth-order valence-electron chi connectivity index (χ4n) is 4.49. The van der Waals surface area contributed by atoms with Crippen LogP contribution in [0.4, 0.5) is 4.79 Å². The van der Waals surface area contributed by atoms with Crippen molar-refractivity contribution in [2.75, 3.05) is 26.2 Å². The number of amides is 2. The Balaban J connectivity index is 1.78. The SMILES string of the molecule is C=CC(=O)N1CCOc2nn(-c3ccc(C(C)C)cc3)c3c2C(C1)N(C(=O)OC(C)(C)C)CC3. The number of benzene rings is 1. The fourth-order valence-corrected chi connectivity index (χ4v) is 4.49. The summed E-state index contributed by atoms with van der Waals surface area (Å²) in [6, 6.07) is 7.93. The first-order valence-corrected chi connectivity index (χ1v) is 11.8. The van der Waals surface area contributed by atoms with Gasteiger partial charge in [-0.05, 0) is 50.5 Å². The Bertz CT molecular complexity index is 1080. The van der Waals surface area contributed by atoms with E-state index in [9.17, 15) is 9.59 Å². The average molecular weight is 467 g/mol. The Morgan fingerprint density at radius 2 is 1.91 bits per heavy atom. The molecule has 2 aliphatic rings. The first kappa shape index (κ1) is 23.9. The van der Waals surface area contributed by atoms with Crippen molar-refractivity contribution in [3.63, 3.8) is 0 Å². The number of nitrogens with zero attached hydrogens (tertiary/aromatic N) is 4. The largest absolute Gasteiger partial charge is 0.474 e. The summed E-state index contributed by atoms with van der Waals surface area (Å²) < 4.78 is 13.7. The summed E-state index contributed by atoms with van der Waals surface area (Å²) in [6.07, 6.45) is 1.49. The number of ether oxygens (including phenoxy) is 2. The highest BCUT2D eigenvalue weighted by Crippen LogP contribution is 2.40. The molecule has 1 aromatic carbocycles. The topological polar surface area (TPSA) is 76.9 Å². The van der Waals surface area contributed by atoms with Gasteiger partial charge in [0.2, 0.25) is 11.8 Å². The third-order valence-corrected chi connectivity index (χ3v) is 6.20. The number of rotatable bonds is 3. The average Bonchev–Trinajstić information content (AvgIpc) is 3.13. The van der Waals surface area contributed by atoms with Gasteiger partial charge in [-0.1, -0.05) is 32.6 Å². The molecule has 0 aliphatic carbocycles. The Labute approximate surface area is 201 Å². The van der Waals surface area contributed by atoms with Crippen LogP contribution < -0.4 is 4.74 Å². The van der Waals surface area contributed by atoms with E-state index in [1.54, 1.807) is 9.80 Å². The quantitative estimate of drug-likeness (QED) is 0.633. The van der Waals surface area contributed by atoms with E-state index in [0.29, 0.717) is 44.5 Å². The summed E-state index contributed by atoms with van der Waals surface area (Å²) in [5.74, 6) is 0.751. The van der Waals surface area contributed by atoms with Crippen LogP contribution in [-0.2, 0) is 16.0 Å². The van der Waals surface area contributed by atoms with Crippen LogP contribution in [0.5, 0.6) is 5.88 Å². The van der Waals surface area contributed by atoms with Crippen LogP contribution in [0.1, 0.15) is 63.4 Å². The van der Waals surface area contributed by atoms with Crippen LogP contribution in [0, 0.1) is 0 Å². The molecule has 8 heteroatoms.